The molecule has 0 bridgehead atoms. The van der Waals surface area contributed by atoms with E-state index >= 15 is 0 Å². The number of hydrogen-bond donors (Lipinski definition) is 3. The van der Waals surface area contributed by atoms with Gasteiger partial charge in [0, 0.05) is 11.8 Å². The number of carboxylic acid groups (broad SMARTS) is 1. The van der Waals surface area contributed by atoms with Crippen LogP contribution in [-0.4, -0.2) is 34.2 Å². The minimum Gasteiger partial charge on any atom is -0.494 e. The van der Waals surface area contributed by atoms with E-state index in [2.05, 4.69) is 10.1 Å². The van der Waals surface area contributed by atoms with Gasteiger partial charge in [-0.15, -0.1) is 0 Å². The van der Waals surface area contributed by atoms with Crippen LogP contribution >= 0.6 is 0 Å². The van der Waals surface area contributed by atoms with E-state index < -0.39 is 5.97 Å². The van der Waals surface area contributed by atoms with Crippen LogP contribution in [0.25, 0.3) is 0 Å². The van der Waals surface area contributed by atoms with Crippen molar-refractivity contribution in [3.05, 3.63) is 23.5 Å². The van der Waals surface area contributed by atoms with Crippen molar-refractivity contribution in [3.63, 3.8) is 0 Å². The molecule has 1 aromatic rings. The molecule has 0 aliphatic rings. The highest BCUT2D eigenvalue weighted by molar-refractivity contribution is 5.98. The molecular formula is C8H9N3O4. The lowest BCUT2D eigenvalue weighted by molar-refractivity contribution is 0.0686. The predicted octanol–water partition coefficient (Wildman–Crippen LogP) is -0.117. The second-order valence-corrected chi connectivity index (χ2v) is 2.57. The van der Waals surface area contributed by atoms with Crippen molar-refractivity contribution in [1.82, 2.24) is 4.98 Å². The Morgan fingerprint density at radius 1 is 1.67 bits per heavy atom. The summed E-state index contributed by atoms with van der Waals surface area (Å²) in [6, 6.07) is 1.32. The molecule has 15 heavy (non-hydrogen) atoms. The van der Waals surface area contributed by atoms with Gasteiger partial charge in [-0.05, 0) is 6.07 Å². The smallest absolute Gasteiger partial charge is 0.358 e. The zero-order valence-electron chi connectivity index (χ0n) is 7.84. The lowest BCUT2D eigenvalue weighted by Crippen LogP contribution is -2.15. The van der Waals surface area contributed by atoms with Crippen LogP contribution in [-0.2, 0) is 0 Å². The monoisotopic (exact) mass is 211 g/mol. The summed E-state index contributed by atoms with van der Waals surface area (Å²) in [6.07, 6.45) is 1.18. The Kier molecular flexibility index (Phi) is 3.06. The fourth-order valence-corrected chi connectivity index (χ4v) is 0.959. The average molecular weight is 211 g/mol. The number of nitrogens with two attached hydrogens (primary N) is 1. The number of aromatic nitrogens is 1. The van der Waals surface area contributed by atoms with Gasteiger partial charge in [-0.3, -0.25) is 0 Å². The molecule has 0 saturated heterocycles. The van der Waals surface area contributed by atoms with E-state index in [0.717, 1.165) is 0 Å². The summed E-state index contributed by atoms with van der Waals surface area (Å²) in [4.78, 5) is 14.3. The molecule has 1 heterocycles. The second-order valence-electron chi connectivity index (χ2n) is 2.57. The van der Waals surface area contributed by atoms with Crippen LogP contribution in [0.5, 0.6) is 5.75 Å². The van der Waals surface area contributed by atoms with E-state index in [1.807, 2.05) is 0 Å². The molecule has 7 nitrogen and oxygen atoms in total. The van der Waals surface area contributed by atoms with Gasteiger partial charge in [0.2, 0.25) is 0 Å². The van der Waals surface area contributed by atoms with Crippen LogP contribution in [0.2, 0.25) is 0 Å². The molecule has 4 N–H and O–H groups in total. The van der Waals surface area contributed by atoms with Crippen LogP contribution in [0.1, 0.15) is 16.1 Å². The van der Waals surface area contributed by atoms with E-state index in [1.54, 1.807) is 0 Å². The normalized spacial score (nSPS) is 11.1. The molecule has 0 aliphatic heterocycles. The highest BCUT2D eigenvalue weighted by Crippen LogP contribution is 2.17. The maximum atomic E-state index is 10.7. The standard InChI is InChI=1S/C8H9N3O4/c1-15-5-2-4(7(9)11-14)3-10-6(5)8(12)13/h2-3,14H,1H3,(H2,9,11)(H,12,13). The Labute approximate surface area is 84.8 Å². The summed E-state index contributed by atoms with van der Waals surface area (Å²) in [5.74, 6) is -1.33. The van der Waals surface area contributed by atoms with E-state index in [-0.39, 0.29) is 22.8 Å². The van der Waals surface area contributed by atoms with Crippen LogP contribution in [0.3, 0.4) is 0 Å². The zero-order valence-corrected chi connectivity index (χ0v) is 7.84. The number of amidine groups is 1. The molecular weight excluding hydrogens is 202 g/mol. The summed E-state index contributed by atoms with van der Waals surface area (Å²) in [7, 11) is 1.31. The number of hydrogen-bond acceptors (Lipinski definition) is 5. The first-order chi connectivity index (χ1) is 7.10. The molecule has 1 rings (SSSR count). The first kappa shape index (κ1) is 10.8. The van der Waals surface area contributed by atoms with Gasteiger partial charge in [0.05, 0.1) is 7.11 Å². The molecule has 0 unspecified atom stereocenters. The summed E-state index contributed by atoms with van der Waals surface area (Å²) in [5.41, 5.74) is 5.35. The summed E-state index contributed by atoms with van der Waals surface area (Å²) >= 11 is 0. The number of rotatable bonds is 3. The number of pyridine rings is 1. The van der Waals surface area contributed by atoms with Crippen LogP contribution in [0.4, 0.5) is 0 Å². The maximum Gasteiger partial charge on any atom is 0.358 e. The summed E-state index contributed by atoms with van der Waals surface area (Å²) < 4.78 is 4.81. The average Bonchev–Trinajstić information content (AvgIpc) is 2.26. The Morgan fingerprint density at radius 2 is 2.33 bits per heavy atom. The molecule has 1 aromatic heterocycles. The van der Waals surface area contributed by atoms with Gasteiger partial charge in [-0.2, -0.15) is 0 Å². The van der Waals surface area contributed by atoms with Crippen LogP contribution in [0.15, 0.2) is 17.4 Å². The maximum absolute atomic E-state index is 10.7. The van der Waals surface area contributed by atoms with Gasteiger partial charge >= 0.3 is 5.97 Å². The third-order valence-electron chi connectivity index (χ3n) is 1.68. The van der Waals surface area contributed by atoms with Gasteiger partial charge in [0.1, 0.15) is 0 Å². The lowest BCUT2D eigenvalue weighted by Gasteiger charge is -2.05. The van der Waals surface area contributed by atoms with Crippen molar-refractivity contribution >= 4 is 11.8 Å². The number of ether oxygens (including phenoxy) is 1. The third-order valence-corrected chi connectivity index (χ3v) is 1.68. The lowest BCUT2D eigenvalue weighted by atomic mass is 10.2. The van der Waals surface area contributed by atoms with Gasteiger partial charge in [0.25, 0.3) is 0 Å². The van der Waals surface area contributed by atoms with E-state index in [0.29, 0.717) is 0 Å². The molecule has 0 amide bonds. The highest BCUT2D eigenvalue weighted by Gasteiger charge is 2.14. The number of carbonyl (C=O) groups is 1. The van der Waals surface area contributed by atoms with E-state index in [9.17, 15) is 4.79 Å². The van der Waals surface area contributed by atoms with E-state index in [4.69, 9.17) is 20.8 Å². The minimum absolute atomic E-state index is 0.0478. The summed E-state index contributed by atoms with van der Waals surface area (Å²) in [6.45, 7) is 0. The number of methoxy groups -OCH3 is 1. The number of nitrogens with zero attached hydrogens (tertiary/aromatic N) is 2. The van der Waals surface area contributed by atoms with Crippen molar-refractivity contribution in [3.8, 4) is 5.75 Å². The molecule has 0 radical (unpaired) electrons. The van der Waals surface area contributed by atoms with Gasteiger partial charge < -0.3 is 20.8 Å². The Morgan fingerprint density at radius 3 is 2.80 bits per heavy atom. The van der Waals surface area contributed by atoms with Gasteiger partial charge in [-0.1, -0.05) is 5.16 Å². The Bertz CT molecular complexity index is 416. The van der Waals surface area contributed by atoms with Crippen LogP contribution in [0, 0.1) is 0 Å². The quantitative estimate of drug-likeness (QED) is 0.277. The Balaban J connectivity index is 3.25. The molecule has 0 fully saturated rings. The van der Waals surface area contributed by atoms with Crippen molar-refractivity contribution in [2.75, 3.05) is 7.11 Å². The molecule has 0 saturated carbocycles. The van der Waals surface area contributed by atoms with E-state index in [1.165, 1.54) is 19.4 Å². The van der Waals surface area contributed by atoms with Crippen molar-refractivity contribution in [2.24, 2.45) is 10.9 Å². The highest BCUT2D eigenvalue weighted by atomic mass is 16.5. The zero-order chi connectivity index (χ0) is 11.4. The fourth-order valence-electron chi connectivity index (χ4n) is 0.959. The van der Waals surface area contributed by atoms with Crippen molar-refractivity contribution in [1.29, 1.82) is 0 Å². The summed E-state index contributed by atoms with van der Waals surface area (Å²) in [5, 5.41) is 19.9. The first-order valence-corrected chi connectivity index (χ1v) is 3.85. The van der Waals surface area contributed by atoms with Gasteiger partial charge in [-0.25, -0.2) is 9.78 Å². The Hall–Kier alpha value is -2.31. The molecule has 0 spiro atoms. The van der Waals surface area contributed by atoms with Crippen molar-refractivity contribution in [2.45, 2.75) is 0 Å². The van der Waals surface area contributed by atoms with Crippen LogP contribution < -0.4 is 10.5 Å². The fraction of sp³-hybridized carbons (Fsp3) is 0.125. The van der Waals surface area contributed by atoms with Gasteiger partial charge in [0.15, 0.2) is 17.3 Å². The molecule has 0 aromatic carbocycles. The topological polar surface area (TPSA) is 118 Å². The predicted molar refractivity (Wildman–Crippen MR) is 50.3 cm³/mol. The molecule has 0 aliphatic carbocycles. The number of carboxylic acids is 1. The molecule has 0 atom stereocenters. The largest absolute Gasteiger partial charge is 0.494 e. The number of aromatic carboxylic acids is 1. The SMILES string of the molecule is COc1cc(/C(N)=N/O)cnc1C(=O)O. The van der Waals surface area contributed by atoms with Crippen molar-refractivity contribution < 1.29 is 19.8 Å². The minimum atomic E-state index is -1.21. The third kappa shape index (κ3) is 2.13. The first-order valence-electron chi connectivity index (χ1n) is 3.85. The molecule has 80 valence electrons. The molecule has 7 heteroatoms. The second kappa shape index (κ2) is 4.27. The number of oxime groups is 1.